The molecule has 1 rings (SSSR count). The average Bonchev–Trinajstić information content (AvgIpc) is 1.94. The predicted molar refractivity (Wildman–Crippen MR) is 58.5 cm³/mol. The second kappa shape index (κ2) is 3.34. The van der Waals surface area contributed by atoms with Crippen molar-refractivity contribution in [3.05, 3.63) is 33.8 Å². The number of hydrogen-bond acceptors (Lipinski definition) is 0. The van der Waals surface area contributed by atoms with E-state index in [1.54, 1.807) is 0 Å². The topological polar surface area (TPSA) is 0 Å². The monoisotopic (exact) mass is 195 g/mol. The van der Waals surface area contributed by atoms with E-state index in [1.807, 2.05) is 6.92 Å². The fraction of sp³-hybridized carbons (Fsp3) is 0.500. The third-order valence-corrected chi connectivity index (χ3v) is 2.61. The lowest BCUT2D eigenvalue weighted by atomic mass is 9.85. The zero-order valence-corrected chi connectivity index (χ0v) is 9.71. The van der Waals surface area contributed by atoms with Crippen molar-refractivity contribution >= 4 is 11.6 Å². The van der Waals surface area contributed by atoms with Crippen molar-refractivity contribution in [1.82, 2.24) is 0 Å². The molecule has 0 bridgehead atoms. The lowest BCUT2D eigenvalue weighted by Gasteiger charge is -2.22. The zero-order valence-electron chi connectivity index (χ0n) is 8.96. The van der Waals surface area contributed by atoms with Gasteiger partial charge >= 0.3 is 0 Å². The Hall–Kier alpha value is -0.490. The number of hydrogen-bond donors (Lipinski definition) is 0. The van der Waals surface area contributed by atoms with Gasteiger partial charge in [-0.25, -0.2) is 0 Å². The number of rotatable bonds is 0. The molecule has 0 amide bonds. The highest BCUT2D eigenvalue weighted by molar-refractivity contribution is 6.32. The van der Waals surface area contributed by atoms with Crippen LogP contribution >= 0.6 is 11.6 Å². The van der Waals surface area contributed by atoms with Gasteiger partial charge in [-0.05, 0) is 42.0 Å². The Labute approximate surface area is 85.9 Å². The van der Waals surface area contributed by atoms with Gasteiger partial charge in [0.15, 0.2) is 0 Å². The van der Waals surface area contributed by atoms with Crippen LogP contribution in [0.1, 0.15) is 37.5 Å². The van der Waals surface area contributed by atoms with Crippen LogP contribution in [0.5, 0.6) is 0 Å². The van der Waals surface area contributed by atoms with Crippen LogP contribution in [-0.4, -0.2) is 0 Å². The summed E-state index contributed by atoms with van der Waals surface area (Å²) in [4.78, 5) is 0. The van der Waals surface area contributed by atoms with Crippen LogP contribution in [0.3, 0.4) is 0 Å². The molecule has 1 aromatic rings. The fourth-order valence-corrected chi connectivity index (χ4v) is 1.80. The fourth-order valence-electron chi connectivity index (χ4n) is 1.41. The second-order valence-corrected chi connectivity index (χ2v) is 4.93. The van der Waals surface area contributed by atoms with Crippen LogP contribution in [0, 0.1) is 19.9 Å². The summed E-state index contributed by atoms with van der Waals surface area (Å²) in [5.74, 6) is 0. The van der Waals surface area contributed by atoms with Crippen LogP contribution in [0.25, 0.3) is 0 Å². The van der Waals surface area contributed by atoms with Gasteiger partial charge in [-0.15, -0.1) is 0 Å². The Bertz CT molecular complexity index is 319. The molecule has 1 heteroatoms. The van der Waals surface area contributed by atoms with E-state index in [0.717, 1.165) is 16.1 Å². The summed E-state index contributed by atoms with van der Waals surface area (Å²) in [5.41, 5.74) is 3.53. The zero-order chi connectivity index (χ0) is 10.2. The molecule has 1 aromatic carbocycles. The molecule has 0 spiro atoms. The van der Waals surface area contributed by atoms with Gasteiger partial charge in [0.1, 0.15) is 0 Å². The minimum atomic E-state index is 0.113. The number of aryl methyl sites for hydroxylation is 2. The van der Waals surface area contributed by atoms with Gasteiger partial charge in [0.2, 0.25) is 0 Å². The number of halogens is 1. The summed E-state index contributed by atoms with van der Waals surface area (Å²) < 4.78 is 0. The van der Waals surface area contributed by atoms with Gasteiger partial charge in [-0.1, -0.05) is 38.4 Å². The smallest absolute Gasteiger partial charge is 0.0478 e. The molecular weight excluding hydrogens is 180 g/mol. The van der Waals surface area contributed by atoms with E-state index in [-0.39, 0.29) is 5.41 Å². The van der Waals surface area contributed by atoms with Gasteiger partial charge in [0, 0.05) is 5.02 Å². The summed E-state index contributed by atoms with van der Waals surface area (Å²) in [7, 11) is 0. The molecule has 0 nitrogen and oxygen atoms in total. The highest BCUT2D eigenvalue weighted by Gasteiger charge is 2.18. The lowest BCUT2D eigenvalue weighted by Crippen LogP contribution is -2.12. The molecule has 0 unspecified atom stereocenters. The molecule has 0 aromatic heterocycles. The lowest BCUT2D eigenvalue weighted by molar-refractivity contribution is 0.589. The van der Waals surface area contributed by atoms with Gasteiger partial charge in [0.25, 0.3) is 0 Å². The van der Waals surface area contributed by atoms with E-state index < -0.39 is 0 Å². The molecule has 0 aliphatic carbocycles. The summed E-state index contributed by atoms with van der Waals surface area (Å²) in [6.07, 6.45) is 0. The van der Waals surface area contributed by atoms with E-state index in [2.05, 4.69) is 39.8 Å². The van der Waals surface area contributed by atoms with Crippen molar-refractivity contribution in [2.75, 3.05) is 0 Å². The van der Waals surface area contributed by atoms with Gasteiger partial charge < -0.3 is 0 Å². The molecule has 0 aliphatic heterocycles. The first kappa shape index (κ1) is 10.6. The van der Waals surface area contributed by atoms with Gasteiger partial charge in [-0.2, -0.15) is 0 Å². The van der Waals surface area contributed by atoms with E-state index >= 15 is 0 Å². The molecule has 0 saturated heterocycles. The van der Waals surface area contributed by atoms with Crippen LogP contribution in [0.2, 0.25) is 5.02 Å². The molecule has 0 saturated carbocycles. The predicted octanol–water partition coefficient (Wildman–Crippen LogP) is 4.05. The Morgan fingerprint density at radius 3 is 2.23 bits per heavy atom. The van der Waals surface area contributed by atoms with Crippen molar-refractivity contribution in [3.63, 3.8) is 0 Å². The van der Waals surface area contributed by atoms with Crippen molar-refractivity contribution in [2.24, 2.45) is 0 Å². The van der Waals surface area contributed by atoms with E-state index in [9.17, 15) is 0 Å². The van der Waals surface area contributed by atoms with E-state index in [4.69, 9.17) is 11.6 Å². The summed E-state index contributed by atoms with van der Waals surface area (Å²) in [6, 6.07) is 5.34. The second-order valence-electron chi connectivity index (χ2n) is 4.56. The van der Waals surface area contributed by atoms with E-state index in [1.165, 1.54) is 5.56 Å². The van der Waals surface area contributed by atoms with Crippen molar-refractivity contribution in [3.8, 4) is 0 Å². The van der Waals surface area contributed by atoms with Gasteiger partial charge in [0.05, 0.1) is 0 Å². The van der Waals surface area contributed by atoms with Crippen LogP contribution in [-0.2, 0) is 5.41 Å². The highest BCUT2D eigenvalue weighted by atomic mass is 35.5. The number of benzene rings is 1. The Morgan fingerprint density at radius 2 is 1.77 bits per heavy atom. The van der Waals surface area contributed by atoms with Crippen molar-refractivity contribution in [1.29, 1.82) is 0 Å². The molecule has 0 N–H and O–H groups in total. The first-order valence-electron chi connectivity index (χ1n) is 4.52. The van der Waals surface area contributed by atoms with Crippen LogP contribution < -0.4 is 0 Å². The first-order chi connectivity index (χ1) is 5.82. The van der Waals surface area contributed by atoms with Crippen molar-refractivity contribution in [2.45, 2.75) is 40.0 Å². The molecule has 71 valence electrons. The maximum atomic E-state index is 6.22. The van der Waals surface area contributed by atoms with Crippen LogP contribution in [0.4, 0.5) is 0 Å². The minimum Gasteiger partial charge on any atom is -0.0837 e. The molecule has 0 aliphatic rings. The highest BCUT2D eigenvalue weighted by Crippen LogP contribution is 2.32. The maximum Gasteiger partial charge on any atom is 0.0478 e. The maximum absolute atomic E-state index is 6.22. The summed E-state index contributed by atoms with van der Waals surface area (Å²) in [6.45, 7) is 10.6. The third-order valence-electron chi connectivity index (χ3n) is 2.12. The quantitative estimate of drug-likeness (QED) is 0.586. The normalized spacial score (nSPS) is 11.8. The first-order valence-corrected chi connectivity index (χ1v) is 4.89. The molecule has 0 atom stereocenters. The summed E-state index contributed by atoms with van der Waals surface area (Å²) in [5, 5.41) is 0.859. The Morgan fingerprint density at radius 1 is 1.23 bits per heavy atom. The third kappa shape index (κ3) is 2.25. The largest absolute Gasteiger partial charge is 0.0837 e. The molecule has 1 radical (unpaired) electrons. The minimum absolute atomic E-state index is 0.113. The SMILES string of the molecule is Cc1[c]c(C)c(Cl)c(C(C)(C)C)c1. The Balaban J connectivity index is 3.37. The molecule has 13 heavy (non-hydrogen) atoms. The molecular formula is C12H16Cl. The summed E-state index contributed by atoms with van der Waals surface area (Å²) >= 11 is 6.22. The standard InChI is InChI=1S/C12H16Cl/c1-8-6-9(2)11(13)10(7-8)12(3,4)5/h7H,1-5H3. The molecule has 0 fully saturated rings. The van der Waals surface area contributed by atoms with Crippen molar-refractivity contribution < 1.29 is 0 Å². The van der Waals surface area contributed by atoms with E-state index in [0.29, 0.717) is 0 Å². The average molecular weight is 196 g/mol. The molecule has 0 heterocycles. The van der Waals surface area contributed by atoms with Gasteiger partial charge in [-0.3, -0.25) is 0 Å². The van der Waals surface area contributed by atoms with Crippen LogP contribution in [0.15, 0.2) is 6.07 Å². The Kier molecular flexibility index (Phi) is 2.72.